The lowest BCUT2D eigenvalue weighted by atomic mass is 10.0. The monoisotopic (exact) mass is 720 g/mol. The molecule has 296 valence electrons. The molecule has 1 amide bonds. The molecule has 0 aliphatic carbocycles. The van der Waals surface area contributed by atoms with E-state index in [0.29, 0.717) is 12.8 Å². The Labute approximate surface area is 322 Å². The first kappa shape index (κ1) is 49.3. The molecule has 0 bridgehead atoms. The molecule has 0 fully saturated rings. The standard InChI is InChI=1S/C48H81NO3/c1-3-5-7-9-11-13-15-17-18-19-20-21-22-23-24-25-26-27-28-29-30-32-34-36-38-40-42-44-48(52)49-46(45-50)47(51)43-41-39-37-35-33-31-16-14-12-10-8-6-4-2/h5,7,11,13,17-18,20-21,23-24,26-27,29-30,34,36,46-47,50-51H,3-4,6,8-10,12,14-16,19,22,25,28,31-33,35,37-45H2,1-2H3,(H,49,52)/b7-5-,13-11-,18-17-,21-20-,24-23-,27-26-,30-29-,36-34-. The first-order chi connectivity index (χ1) is 25.7. The topological polar surface area (TPSA) is 69.6 Å². The van der Waals surface area contributed by atoms with E-state index in [1.807, 2.05) is 0 Å². The molecule has 52 heavy (non-hydrogen) atoms. The van der Waals surface area contributed by atoms with Crippen LogP contribution in [0.1, 0.15) is 181 Å². The summed E-state index contributed by atoms with van der Waals surface area (Å²) in [6.07, 6.45) is 63.3. The predicted molar refractivity (Wildman–Crippen MR) is 230 cm³/mol. The highest BCUT2D eigenvalue weighted by molar-refractivity contribution is 5.76. The molecule has 2 atom stereocenters. The van der Waals surface area contributed by atoms with Crippen LogP contribution in [0.3, 0.4) is 0 Å². The van der Waals surface area contributed by atoms with Gasteiger partial charge in [-0.25, -0.2) is 0 Å². The number of rotatable bonds is 37. The maximum atomic E-state index is 12.4. The average Bonchev–Trinajstić information content (AvgIpc) is 3.15. The molecule has 0 saturated heterocycles. The Morgan fingerprint density at radius 3 is 1.23 bits per heavy atom. The molecule has 4 nitrogen and oxygen atoms in total. The van der Waals surface area contributed by atoms with Gasteiger partial charge in [0.2, 0.25) is 5.91 Å². The van der Waals surface area contributed by atoms with Crippen LogP contribution in [-0.2, 0) is 4.79 Å². The fourth-order valence-electron chi connectivity index (χ4n) is 5.84. The van der Waals surface area contributed by atoms with Crippen LogP contribution in [0.2, 0.25) is 0 Å². The minimum Gasteiger partial charge on any atom is -0.394 e. The Balaban J connectivity index is 3.72. The highest BCUT2D eigenvalue weighted by Crippen LogP contribution is 2.14. The summed E-state index contributed by atoms with van der Waals surface area (Å²) in [6, 6.07) is -0.565. The number of unbranched alkanes of at least 4 members (excludes halogenated alkanes) is 14. The predicted octanol–water partition coefficient (Wildman–Crippen LogP) is 13.5. The van der Waals surface area contributed by atoms with Gasteiger partial charge in [0.15, 0.2) is 0 Å². The Morgan fingerprint density at radius 1 is 0.481 bits per heavy atom. The van der Waals surface area contributed by atoms with Crippen molar-refractivity contribution < 1.29 is 15.0 Å². The lowest BCUT2D eigenvalue weighted by molar-refractivity contribution is -0.123. The van der Waals surface area contributed by atoms with Crippen LogP contribution in [0, 0.1) is 0 Å². The van der Waals surface area contributed by atoms with E-state index in [0.717, 1.165) is 83.5 Å². The van der Waals surface area contributed by atoms with Crippen molar-refractivity contribution in [1.82, 2.24) is 5.32 Å². The van der Waals surface area contributed by atoms with Gasteiger partial charge in [0, 0.05) is 6.42 Å². The normalized spacial score (nSPS) is 14.0. The zero-order chi connectivity index (χ0) is 37.8. The molecule has 0 aromatic heterocycles. The minimum atomic E-state index is -0.683. The number of hydrogen-bond acceptors (Lipinski definition) is 3. The Hall–Kier alpha value is -2.69. The van der Waals surface area contributed by atoms with Gasteiger partial charge in [-0.1, -0.05) is 195 Å². The zero-order valence-electron chi connectivity index (χ0n) is 33.8. The summed E-state index contributed by atoms with van der Waals surface area (Å²) >= 11 is 0. The molecule has 0 aromatic rings. The van der Waals surface area contributed by atoms with Gasteiger partial charge in [0.25, 0.3) is 0 Å². The van der Waals surface area contributed by atoms with E-state index in [2.05, 4.69) is 116 Å². The Bertz CT molecular complexity index is 999. The third-order valence-electron chi connectivity index (χ3n) is 9.11. The van der Waals surface area contributed by atoms with Crippen LogP contribution < -0.4 is 5.32 Å². The van der Waals surface area contributed by atoms with Crippen LogP contribution >= 0.6 is 0 Å². The maximum Gasteiger partial charge on any atom is 0.220 e. The van der Waals surface area contributed by atoms with Gasteiger partial charge in [-0.2, -0.15) is 0 Å². The van der Waals surface area contributed by atoms with E-state index in [9.17, 15) is 15.0 Å². The van der Waals surface area contributed by atoms with Crippen molar-refractivity contribution in [3.63, 3.8) is 0 Å². The average molecular weight is 720 g/mol. The van der Waals surface area contributed by atoms with Gasteiger partial charge >= 0.3 is 0 Å². The van der Waals surface area contributed by atoms with E-state index in [1.165, 1.54) is 70.6 Å². The van der Waals surface area contributed by atoms with Crippen molar-refractivity contribution in [1.29, 1.82) is 0 Å². The summed E-state index contributed by atoms with van der Waals surface area (Å²) in [5.74, 6) is -0.0789. The van der Waals surface area contributed by atoms with E-state index < -0.39 is 12.1 Å². The van der Waals surface area contributed by atoms with E-state index in [1.54, 1.807) is 0 Å². The number of hydrogen-bond donors (Lipinski definition) is 3. The molecule has 0 spiro atoms. The quantitative estimate of drug-likeness (QED) is 0.0442. The van der Waals surface area contributed by atoms with Crippen molar-refractivity contribution >= 4 is 5.91 Å². The molecular formula is C48H81NO3. The molecule has 0 rings (SSSR count). The molecule has 0 aliphatic rings. The van der Waals surface area contributed by atoms with Crippen molar-refractivity contribution in [3.05, 3.63) is 97.2 Å². The largest absolute Gasteiger partial charge is 0.394 e. The van der Waals surface area contributed by atoms with Crippen LogP contribution in [0.5, 0.6) is 0 Å². The molecule has 3 N–H and O–H groups in total. The van der Waals surface area contributed by atoms with Crippen LogP contribution in [0.25, 0.3) is 0 Å². The second-order valence-corrected chi connectivity index (χ2v) is 14.0. The number of amides is 1. The van der Waals surface area contributed by atoms with Gasteiger partial charge in [-0.15, -0.1) is 0 Å². The van der Waals surface area contributed by atoms with E-state index in [-0.39, 0.29) is 12.5 Å². The van der Waals surface area contributed by atoms with Crippen molar-refractivity contribution in [2.45, 2.75) is 193 Å². The molecule has 0 aromatic carbocycles. The summed E-state index contributed by atoms with van der Waals surface area (Å²) in [5, 5.41) is 23.1. The first-order valence-electron chi connectivity index (χ1n) is 21.4. The summed E-state index contributed by atoms with van der Waals surface area (Å²) in [6.45, 7) is 4.21. The molecule has 0 saturated carbocycles. The number of nitrogens with one attached hydrogen (secondary N) is 1. The summed E-state index contributed by atoms with van der Waals surface area (Å²) in [4.78, 5) is 12.4. The van der Waals surface area contributed by atoms with Crippen LogP contribution in [0.15, 0.2) is 97.2 Å². The fraction of sp³-hybridized carbons (Fsp3) is 0.646. The van der Waals surface area contributed by atoms with Gasteiger partial charge in [-0.3, -0.25) is 4.79 Å². The lowest BCUT2D eigenvalue weighted by Gasteiger charge is -2.22. The van der Waals surface area contributed by atoms with E-state index in [4.69, 9.17) is 0 Å². The summed E-state index contributed by atoms with van der Waals surface area (Å²) in [5.41, 5.74) is 0. The number of allylic oxidation sites excluding steroid dienone is 16. The molecule has 0 radical (unpaired) electrons. The maximum absolute atomic E-state index is 12.4. The zero-order valence-corrected chi connectivity index (χ0v) is 33.8. The molecular weight excluding hydrogens is 639 g/mol. The Morgan fingerprint density at radius 2 is 0.846 bits per heavy atom. The lowest BCUT2D eigenvalue weighted by Crippen LogP contribution is -2.45. The second kappa shape index (κ2) is 42.7. The SMILES string of the molecule is CC/C=C\C/C=C\C/C=C\C/C=C\C/C=C\C/C=C\C/C=C\C/C=C\CCCCC(=O)NC(CO)C(O)CCCCCCCCCCCCCCC. The van der Waals surface area contributed by atoms with Gasteiger partial charge in [0.05, 0.1) is 18.8 Å². The van der Waals surface area contributed by atoms with E-state index >= 15 is 0 Å². The molecule has 2 unspecified atom stereocenters. The Kier molecular flexibility index (Phi) is 40.5. The third kappa shape index (κ3) is 38.5. The van der Waals surface area contributed by atoms with Crippen molar-refractivity contribution in [2.24, 2.45) is 0 Å². The number of aliphatic hydroxyl groups excluding tert-OH is 2. The molecule has 0 heterocycles. The minimum absolute atomic E-state index is 0.0789. The van der Waals surface area contributed by atoms with Crippen molar-refractivity contribution in [2.75, 3.05) is 6.61 Å². The van der Waals surface area contributed by atoms with Crippen molar-refractivity contribution in [3.8, 4) is 0 Å². The van der Waals surface area contributed by atoms with Gasteiger partial charge in [0.1, 0.15) is 0 Å². The number of aliphatic hydroxyl groups is 2. The van der Waals surface area contributed by atoms with Gasteiger partial charge < -0.3 is 15.5 Å². The third-order valence-corrected chi connectivity index (χ3v) is 9.11. The molecule has 4 heteroatoms. The highest BCUT2D eigenvalue weighted by Gasteiger charge is 2.19. The number of carbonyl (C=O) groups excluding carboxylic acids is 1. The van der Waals surface area contributed by atoms with Crippen LogP contribution in [0.4, 0.5) is 0 Å². The first-order valence-corrected chi connectivity index (χ1v) is 21.4. The van der Waals surface area contributed by atoms with Crippen LogP contribution in [-0.4, -0.2) is 34.9 Å². The summed E-state index contributed by atoms with van der Waals surface area (Å²) < 4.78 is 0. The second-order valence-electron chi connectivity index (χ2n) is 14.0. The smallest absolute Gasteiger partial charge is 0.220 e. The molecule has 0 aliphatic heterocycles. The van der Waals surface area contributed by atoms with Gasteiger partial charge in [-0.05, 0) is 77.0 Å². The number of carbonyl (C=O) groups is 1. The fourth-order valence-corrected chi connectivity index (χ4v) is 5.84. The highest BCUT2D eigenvalue weighted by atomic mass is 16.3. The summed E-state index contributed by atoms with van der Waals surface area (Å²) in [7, 11) is 0.